The Bertz CT molecular complexity index is 722. The number of halogens is 1. The summed E-state index contributed by atoms with van der Waals surface area (Å²) in [5.41, 5.74) is 1.83. The van der Waals surface area contributed by atoms with Gasteiger partial charge in [-0.15, -0.1) is 0 Å². The van der Waals surface area contributed by atoms with E-state index in [-0.39, 0.29) is 24.9 Å². The van der Waals surface area contributed by atoms with Gasteiger partial charge in [0, 0.05) is 6.54 Å². The van der Waals surface area contributed by atoms with Crippen molar-refractivity contribution in [2.24, 2.45) is 0 Å². The number of hydrogen-bond donors (Lipinski definition) is 2. The summed E-state index contributed by atoms with van der Waals surface area (Å²) in [5, 5.41) is 6.11. The molecule has 2 amide bonds. The number of benzene rings is 2. The third-order valence-electron chi connectivity index (χ3n) is 3.78. The van der Waals surface area contributed by atoms with Crippen LogP contribution in [0.15, 0.2) is 54.6 Å². The number of anilines is 1. The van der Waals surface area contributed by atoms with Gasteiger partial charge in [0.1, 0.15) is 0 Å². The molecule has 0 atom stereocenters. The normalized spacial score (nSPS) is 10.6. The zero-order chi connectivity index (χ0) is 18.8. The minimum atomic E-state index is -0.211. The van der Waals surface area contributed by atoms with Crippen molar-refractivity contribution in [3.8, 4) is 0 Å². The molecule has 0 bridgehead atoms. The highest BCUT2D eigenvalue weighted by molar-refractivity contribution is 6.33. The third kappa shape index (κ3) is 7.25. The molecule has 0 saturated carbocycles. The van der Waals surface area contributed by atoms with Crippen molar-refractivity contribution in [1.82, 2.24) is 10.2 Å². The Morgan fingerprint density at radius 1 is 0.962 bits per heavy atom. The van der Waals surface area contributed by atoms with Gasteiger partial charge in [0.2, 0.25) is 11.8 Å². The predicted molar refractivity (Wildman–Crippen MR) is 105 cm³/mol. The molecule has 0 aliphatic carbocycles. The Hall–Kier alpha value is -2.37. The number of rotatable bonds is 9. The molecule has 26 heavy (non-hydrogen) atoms. The predicted octanol–water partition coefficient (Wildman–Crippen LogP) is 2.96. The van der Waals surface area contributed by atoms with Gasteiger partial charge in [0.05, 0.1) is 23.8 Å². The molecule has 0 fully saturated rings. The first-order valence-electron chi connectivity index (χ1n) is 8.58. The fraction of sp³-hybridized carbons (Fsp3) is 0.300. The summed E-state index contributed by atoms with van der Waals surface area (Å²) in [6.07, 6.45) is 1.81. The van der Waals surface area contributed by atoms with Crippen LogP contribution in [-0.2, 0) is 16.0 Å². The molecule has 2 N–H and O–H groups in total. The molecular weight excluding hydrogens is 350 g/mol. The Morgan fingerprint density at radius 3 is 2.35 bits per heavy atom. The van der Waals surface area contributed by atoms with Crippen LogP contribution in [0.5, 0.6) is 0 Å². The second-order valence-electron chi connectivity index (χ2n) is 6.14. The number of nitrogens with one attached hydrogen (secondary N) is 2. The summed E-state index contributed by atoms with van der Waals surface area (Å²) in [4.78, 5) is 25.6. The van der Waals surface area contributed by atoms with Gasteiger partial charge in [-0.3, -0.25) is 14.5 Å². The van der Waals surface area contributed by atoms with Crippen LogP contribution in [-0.4, -0.2) is 43.4 Å². The second kappa shape index (κ2) is 10.6. The fourth-order valence-corrected chi connectivity index (χ4v) is 2.70. The maximum atomic E-state index is 12.0. The fourth-order valence-electron chi connectivity index (χ4n) is 2.52. The summed E-state index contributed by atoms with van der Waals surface area (Å²) in [6.45, 7) is 0.900. The summed E-state index contributed by atoms with van der Waals surface area (Å²) in [5.74, 6) is -0.302. The average molecular weight is 374 g/mol. The van der Waals surface area contributed by atoms with Gasteiger partial charge in [0.25, 0.3) is 0 Å². The molecule has 5 nitrogen and oxygen atoms in total. The topological polar surface area (TPSA) is 61.4 Å². The summed E-state index contributed by atoms with van der Waals surface area (Å²) >= 11 is 6.01. The zero-order valence-corrected chi connectivity index (χ0v) is 15.6. The van der Waals surface area contributed by atoms with E-state index in [0.29, 0.717) is 17.3 Å². The van der Waals surface area contributed by atoms with Gasteiger partial charge in [-0.05, 0) is 37.6 Å². The number of hydrogen-bond acceptors (Lipinski definition) is 3. The van der Waals surface area contributed by atoms with Crippen LogP contribution in [0.1, 0.15) is 12.0 Å². The second-order valence-corrected chi connectivity index (χ2v) is 6.55. The van der Waals surface area contributed by atoms with Crippen LogP contribution >= 0.6 is 11.6 Å². The van der Waals surface area contributed by atoms with Crippen LogP contribution in [0.3, 0.4) is 0 Å². The van der Waals surface area contributed by atoms with Crippen LogP contribution < -0.4 is 10.6 Å². The van der Waals surface area contributed by atoms with E-state index in [4.69, 9.17) is 11.6 Å². The number of likely N-dealkylation sites (N-methyl/N-ethyl adjacent to an activating group) is 1. The molecule has 6 heteroatoms. The van der Waals surface area contributed by atoms with Crippen molar-refractivity contribution in [1.29, 1.82) is 0 Å². The van der Waals surface area contributed by atoms with Crippen molar-refractivity contribution in [3.63, 3.8) is 0 Å². The largest absolute Gasteiger partial charge is 0.355 e. The van der Waals surface area contributed by atoms with Gasteiger partial charge in [0.15, 0.2) is 0 Å². The Labute approximate surface area is 159 Å². The maximum absolute atomic E-state index is 12.0. The first-order valence-corrected chi connectivity index (χ1v) is 8.96. The molecule has 0 radical (unpaired) electrons. The molecular formula is C20H24ClN3O2. The zero-order valence-electron chi connectivity index (χ0n) is 14.9. The monoisotopic (exact) mass is 373 g/mol. The molecule has 138 valence electrons. The molecule has 2 rings (SSSR count). The number of amides is 2. The first-order chi connectivity index (χ1) is 12.5. The van der Waals surface area contributed by atoms with Gasteiger partial charge in [-0.2, -0.15) is 0 Å². The minimum Gasteiger partial charge on any atom is -0.355 e. The van der Waals surface area contributed by atoms with Crippen LogP contribution in [0, 0.1) is 0 Å². The van der Waals surface area contributed by atoms with E-state index < -0.39 is 0 Å². The summed E-state index contributed by atoms with van der Waals surface area (Å²) < 4.78 is 0. The highest BCUT2D eigenvalue weighted by Crippen LogP contribution is 2.20. The van der Waals surface area contributed by atoms with E-state index >= 15 is 0 Å². The Kier molecular flexibility index (Phi) is 8.12. The van der Waals surface area contributed by atoms with Gasteiger partial charge < -0.3 is 10.6 Å². The van der Waals surface area contributed by atoms with Crippen molar-refractivity contribution < 1.29 is 9.59 Å². The third-order valence-corrected chi connectivity index (χ3v) is 4.11. The standard InChI is InChI=1S/C20H24ClN3O2/c1-24(15-20(26)23-18-12-6-5-11-17(18)21)14-19(25)22-13-7-10-16-8-3-2-4-9-16/h2-6,8-9,11-12H,7,10,13-15H2,1H3,(H,22,25)(H,23,26). The highest BCUT2D eigenvalue weighted by atomic mass is 35.5. The van der Waals surface area contributed by atoms with Crippen LogP contribution in [0.25, 0.3) is 0 Å². The molecule has 0 spiro atoms. The molecule has 2 aromatic rings. The Balaban J connectivity index is 1.63. The summed E-state index contributed by atoms with van der Waals surface area (Å²) in [7, 11) is 1.73. The maximum Gasteiger partial charge on any atom is 0.238 e. The number of carbonyl (C=O) groups is 2. The van der Waals surface area contributed by atoms with Crippen LogP contribution in [0.2, 0.25) is 5.02 Å². The number of aryl methyl sites for hydroxylation is 1. The van der Waals surface area contributed by atoms with Gasteiger partial charge in [-0.1, -0.05) is 54.1 Å². The van der Waals surface area contributed by atoms with Gasteiger partial charge in [-0.25, -0.2) is 0 Å². The molecule has 0 aromatic heterocycles. The lowest BCUT2D eigenvalue weighted by molar-refractivity contribution is -0.122. The minimum absolute atomic E-state index is 0.0916. The number of para-hydroxylation sites is 1. The van der Waals surface area contributed by atoms with E-state index in [9.17, 15) is 9.59 Å². The van der Waals surface area contributed by atoms with Crippen LogP contribution in [0.4, 0.5) is 5.69 Å². The lowest BCUT2D eigenvalue weighted by atomic mass is 10.1. The SMILES string of the molecule is CN(CC(=O)NCCCc1ccccc1)CC(=O)Nc1ccccc1Cl. The lowest BCUT2D eigenvalue weighted by Crippen LogP contribution is -2.39. The Morgan fingerprint density at radius 2 is 1.62 bits per heavy atom. The lowest BCUT2D eigenvalue weighted by Gasteiger charge is -2.16. The van der Waals surface area contributed by atoms with Gasteiger partial charge >= 0.3 is 0 Å². The molecule has 0 aliphatic heterocycles. The molecule has 0 saturated heterocycles. The first kappa shape index (κ1) is 19.9. The quantitative estimate of drug-likeness (QED) is 0.664. The van der Waals surface area contributed by atoms with Crippen molar-refractivity contribution in [2.75, 3.05) is 32.0 Å². The van der Waals surface area contributed by atoms with E-state index in [1.165, 1.54) is 5.56 Å². The van der Waals surface area contributed by atoms with E-state index in [1.807, 2.05) is 18.2 Å². The average Bonchev–Trinajstić information content (AvgIpc) is 2.61. The van der Waals surface area contributed by atoms with E-state index in [1.54, 1.807) is 36.2 Å². The molecule has 0 aliphatic rings. The molecule has 0 heterocycles. The van der Waals surface area contributed by atoms with Crippen molar-refractivity contribution in [2.45, 2.75) is 12.8 Å². The number of nitrogens with zero attached hydrogens (tertiary/aromatic N) is 1. The summed E-state index contributed by atoms with van der Waals surface area (Å²) in [6, 6.07) is 17.2. The number of carbonyl (C=O) groups excluding carboxylic acids is 2. The van der Waals surface area contributed by atoms with E-state index in [0.717, 1.165) is 12.8 Å². The van der Waals surface area contributed by atoms with Crippen molar-refractivity contribution in [3.05, 3.63) is 65.2 Å². The van der Waals surface area contributed by atoms with E-state index in [2.05, 4.69) is 22.8 Å². The molecule has 2 aromatic carbocycles. The molecule has 0 unspecified atom stereocenters. The smallest absolute Gasteiger partial charge is 0.238 e. The van der Waals surface area contributed by atoms with Crippen molar-refractivity contribution >= 4 is 29.1 Å². The highest BCUT2D eigenvalue weighted by Gasteiger charge is 2.11.